The minimum Gasteiger partial charge on any atom is -0.378 e. The average Bonchev–Trinajstić information content (AvgIpc) is 3.43. The van der Waals surface area contributed by atoms with Crippen LogP contribution in [0.4, 0.5) is 5.82 Å². The molecule has 0 spiro atoms. The van der Waals surface area contributed by atoms with E-state index in [9.17, 15) is 4.79 Å². The molecule has 1 aromatic heterocycles. The zero-order valence-corrected chi connectivity index (χ0v) is 18.4. The summed E-state index contributed by atoms with van der Waals surface area (Å²) in [5.41, 5.74) is 2.54. The van der Waals surface area contributed by atoms with Crippen molar-refractivity contribution >= 4 is 11.7 Å². The van der Waals surface area contributed by atoms with Gasteiger partial charge in [-0.15, -0.1) is 0 Å². The first-order chi connectivity index (χ1) is 14.7. The van der Waals surface area contributed by atoms with E-state index in [1.54, 1.807) is 0 Å². The van der Waals surface area contributed by atoms with Crippen LogP contribution in [0.1, 0.15) is 80.8 Å². The third-order valence-corrected chi connectivity index (χ3v) is 7.46. The topological polar surface area (TPSA) is 58.6 Å². The summed E-state index contributed by atoms with van der Waals surface area (Å²) >= 11 is 0. The molecule has 3 aliphatic heterocycles. The van der Waals surface area contributed by atoms with Crippen molar-refractivity contribution in [2.75, 3.05) is 37.7 Å². The van der Waals surface area contributed by atoms with Crippen molar-refractivity contribution in [2.45, 2.75) is 83.2 Å². The second kappa shape index (κ2) is 8.81. The van der Waals surface area contributed by atoms with E-state index in [1.807, 2.05) is 0 Å². The molecule has 3 fully saturated rings. The third kappa shape index (κ3) is 4.48. The van der Waals surface area contributed by atoms with Gasteiger partial charge in [0.05, 0.1) is 6.10 Å². The minimum absolute atomic E-state index is 0.294. The van der Waals surface area contributed by atoms with Gasteiger partial charge in [0.1, 0.15) is 11.6 Å². The zero-order valence-electron chi connectivity index (χ0n) is 18.4. The molecule has 6 heteroatoms. The van der Waals surface area contributed by atoms with Crippen LogP contribution in [0.15, 0.2) is 0 Å². The zero-order chi connectivity index (χ0) is 20.5. The Morgan fingerprint density at radius 3 is 2.63 bits per heavy atom. The second-order valence-electron chi connectivity index (χ2n) is 9.79. The Bertz CT molecular complexity index is 765. The van der Waals surface area contributed by atoms with E-state index in [2.05, 4.69) is 16.7 Å². The molecule has 1 aliphatic carbocycles. The maximum absolute atomic E-state index is 12.6. The number of nitrogens with zero attached hydrogens (tertiary/aromatic N) is 4. The Labute approximate surface area is 180 Å². The Morgan fingerprint density at radius 2 is 1.90 bits per heavy atom. The number of hydrogen-bond donors (Lipinski definition) is 0. The SMILES string of the molecule is Cc1nc(C2CCN(C(=O)CC[C@H]3CCCO3)CC2)nc2c1CCCN2CC1CC1. The van der Waals surface area contributed by atoms with Crippen molar-refractivity contribution in [3.63, 3.8) is 0 Å². The van der Waals surface area contributed by atoms with E-state index < -0.39 is 0 Å². The van der Waals surface area contributed by atoms with Gasteiger partial charge in [0, 0.05) is 56.4 Å². The van der Waals surface area contributed by atoms with E-state index in [-0.39, 0.29) is 0 Å². The average molecular weight is 413 g/mol. The van der Waals surface area contributed by atoms with Gasteiger partial charge >= 0.3 is 0 Å². The number of amides is 1. The van der Waals surface area contributed by atoms with Gasteiger partial charge in [0.2, 0.25) is 5.91 Å². The molecule has 0 unspecified atom stereocenters. The maximum Gasteiger partial charge on any atom is 0.222 e. The third-order valence-electron chi connectivity index (χ3n) is 7.46. The molecule has 0 N–H and O–H groups in total. The quantitative estimate of drug-likeness (QED) is 0.714. The number of anilines is 1. The Kier molecular flexibility index (Phi) is 5.94. The van der Waals surface area contributed by atoms with Gasteiger partial charge in [-0.25, -0.2) is 9.97 Å². The Balaban J connectivity index is 1.20. The molecule has 4 heterocycles. The summed E-state index contributed by atoms with van der Waals surface area (Å²) in [6.45, 7) is 7.00. The van der Waals surface area contributed by atoms with Crippen molar-refractivity contribution < 1.29 is 9.53 Å². The van der Waals surface area contributed by atoms with E-state index in [0.717, 1.165) is 76.5 Å². The Hall–Kier alpha value is -1.69. The molecule has 164 valence electrons. The predicted octanol–water partition coefficient (Wildman–Crippen LogP) is 3.61. The molecule has 1 aromatic rings. The maximum atomic E-state index is 12.6. The second-order valence-corrected chi connectivity index (χ2v) is 9.79. The lowest BCUT2D eigenvalue weighted by Crippen LogP contribution is -2.39. The highest BCUT2D eigenvalue weighted by atomic mass is 16.5. The number of carbonyl (C=O) groups excluding carboxylic acids is 1. The fourth-order valence-corrected chi connectivity index (χ4v) is 5.38. The molecule has 30 heavy (non-hydrogen) atoms. The van der Waals surface area contributed by atoms with Crippen molar-refractivity contribution in [3.05, 3.63) is 17.1 Å². The summed E-state index contributed by atoms with van der Waals surface area (Å²) in [7, 11) is 0. The normalized spacial score (nSPS) is 24.9. The molecule has 0 bridgehead atoms. The first-order valence-corrected chi connectivity index (χ1v) is 12.2. The number of piperidine rings is 1. The highest BCUT2D eigenvalue weighted by molar-refractivity contribution is 5.76. The molecule has 2 saturated heterocycles. The fraction of sp³-hybridized carbons (Fsp3) is 0.792. The smallest absolute Gasteiger partial charge is 0.222 e. The standard InChI is InChI=1S/C24H36N4O2/c1-17-21-5-2-12-28(16-18-6-7-18)24(21)26-23(25-17)19-10-13-27(14-11-19)22(29)9-8-20-4-3-15-30-20/h18-20H,2-16H2,1H3/t20-/m1/s1. The number of hydrogen-bond acceptors (Lipinski definition) is 5. The molecule has 6 nitrogen and oxygen atoms in total. The van der Waals surface area contributed by atoms with Gasteiger partial charge in [-0.2, -0.15) is 0 Å². The summed E-state index contributed by atoms with van der Waals surface area (Å²) in [4.78, 5) is 27.3. The lowest BCUT2D eigenvalue weighted by molar-refractivity contribution is -0.132. The van der Waals surface area contributed by atoms with E-state index in [4.69, 9.17) is 14.7 Å². The number of rotatable bonds is 6. The summed E-state index contributed by atoms with van der Waals surface area (Å²) in [6.07, 6.45) is 11.1. The van der Waals surface area contributed by atoms with Gasteiger partial charge in [0.15, 0.2) is 0 Å². The van der Waals surface area contributed by atoms with Crippen molar-refractivity contribution in [2.24, 2.45) is 5.92 Å². The molecule has 0 aromatic carbocycles. The van der Waals surface area contributed by atoms with Crippen molar-refractivity contribution in [1.82, 2.24) is 14.9 Å². The summed E-state index contributed by atoms with van der Waals surface area (Å²) < 4.78 is 5.67. The molecule has 1 amide bonds. The number of aromatic nitrogens is 2. The van der Waals surface area contributed by atoms with Crippen LogP contribution < -0.4 is 4.90 Å². The van der Waals surface area contributed by atoms with Crippen LogP contribution in [0.25, 0.3) is 0 Å². The summed E-state index contributed by atoms with van der Waals surface area (Å²) in [5.74, 6) is 3.77. The van der Waals surface area contributed by atoms with Crippen LogP contribution in [0, 0.1) is 12.8 Å². The highest BCUT2D eigenvalue weighted by Crippen LogP contribution is 2.36. The minimum atomic E-state index is 0.294. The lowest BCUT2D eigenvalue weighted by atomic mass is 9.94. The predicted molar refractivity (Wildman–Crippen MR) is 117 cm³/mol. The Morgan fingerprint density at radius 1 is 1.07 bits per heavy atom. The molecule has 0 radical (unpaired) electrons. The van der Waals surface area contributed by atoms with Crippen molar-refractivity contribution in [3.8, 4) is 0 Å². The molecule has 1 atom stereocenters. The number of fused-ring (bicyclic) bond motifs is 1. The van der Waals surface area contributed by atoms with Crippen LogP contribution in [0.5, 0.6) is 0 Å². The first kappa shape index (κ1) is 20.2. The van der Waals surface area contributed by atoms with Gasteiger partial charge in [-0.3, -0.25) is 4.79 Å². The molecule has 5 rings (SSSR count). The highest BCUT2D eigenvalue weighted by Gasteiger charge is 2.31. The van der Waals surface area contributed by atoms with Crippen LogP contribution in [0.2, 0.25) is 0 Å². The summed E-state index contributed by atoms with van der Waals surface area (Å²) in [6, 6.07) is 0. The van der Waals surface area contributed by atoms with E-state index in [1.165, 1.54) is 42.9 Å². The lowest BCUT2D eigenvalue weighted by Gasteiger charge is -2.34. The van der Waals surface area contributed by atoms with E-state index in [0.29, 0.717) is 24.3 Å². The number of likely N-dealkylation sites (tertiary alicyclic amines) is 1. The molecule has 4 aliphatic rings. The molecule has 1 saturated carbocycles. The molecular formula is C24H36N4O2. The van der Waals surface area contributed by atoms with E-state index >= 15 is 0 Å². The van der Waals surface area contributed by atoms with Gasteiger partial charge < -0.3 is 14.5 Å². The van der Waals surface area contributed by atoms with Crippen molar-refractivity contribution in [1.29, 1.82) is 0 Å². The monoisotopic (exact) mass is 412 g/mol. The van der Waals surface area contributed by atoms with Crippen LogP contribution >= 0.6 is 0 Å². The van der Waals surface area contributed by atoms with Gasteiger partial charge in [-0.1, -0.05) is 0 Å². The number of aryl methyl sites for hydroxylation is 1. The first-order valence-electron chi connectivity index (χ1n) is 12.2. The van der Waals surface area contributed by atoms with Gasteiger partial charge in [0.25, 0.3) is 0 Å². The fourth-order valence-electron chi connectivity index (χ4n) is 5.38. The molecular weight excluding hydrogens is 376 g/mol. The van der Waals surface area contributed by atoms with Gasteiger partial charge in [-0.05, 0) is 70.6 Å². The van der Waals surface area contributed by atoms with Crippen LogP contribution in [-0.4, -0.2) is 59.7 Å². The van der Waals surface area contributed by atoms with Crippen LogP contribution in [-0.2, 0) is 16.0 Å². The summed E-state index contributed by atoms with van der Waals surface area (Å²) in [5, 5.41) is 0. The van der Waals surface area contributed by atoms with Crippen LogP contribution in [0.3, 0.4) is 0 Å². The number of ether oxygens (including phenoxy) is 1. The largest absolute Gasteiger partial charge is 0.378 e. The number of carbonyl (C=O) groups is 1.